The van der Waals surface area contributed by atoms with Crippen molar-refractivity contribution in [3.8, 4) is 11.4 Å². The molecule has 0 spiro atoms. The Labute approximate surface area is 276 Å². The summed E-state index contributed by atoms with van der Waals surface area (Å²) < 4.78 is 10.6. The van der Waals surface area contributed by atoms with Gasteiger partial charge in [0.05, 0.1) is 11.0 Å². The van der Waals surface area contributed by atoms with Gasteiger partial charge in [-0.15, -0.1) is 22.7 Å². The largest absolute Gasteiger partial charge is 0.310 e. The van der Waals surface area contributed by atoms with E-state index >= 15 is 0 Å². The molecule has 0 bridgehead atoms. The van der Waals surface area contributed by atoms with Gasteiger partial charge in [-0.2, -0.15) is 0 Å². The Kier molecular flexibility index (Phi) is 4.04. The van der Waals surface area contributed by atoms with Crippen molar-refractivity contribution in [2.45, 2.75) is 0 Å². The van der Waals surface area contributed by atoms with E-state index in [4.69, 9.17) is 0 Å². The lowest BCUT2D eigenvalue weighted by Gasteiger charge is -2.33. The Hall–Kier alpha value is -5.36. The average molecular weight is 629 g/mol. The maximum Gasteiger partial charge on any atom is 0.252 e. The highest BCUT2D eigenvalue weighted by molar-refractivity contribution is 7.27. The normalized spacial score (nSPS) is 13.5. The molecule has 2 aliphatic rings. The third-order valence-corrected chi connectivity index (χ3v) is 13.4. The smallest absolute Gasteiger partial charge is 0.252 e. The molecular formula is C42H21BN2S2. The number of rotatable bonds is 0. The fourth-order valence-corrected chi connectivity index (χ4v) is 11.7. The molecule has 6 heterocycles. The van der Waals surface area contributed by atoms with Crippen LogP contribution in [0.4, 0.5) is 0 Å². The predicted molar refractivity (Wildman–Crippen MR) is 206 cm³/mol. The lowest BCUT2D eigenvalue weighted by Crippen LogP contribution is -2.59. The van der Waals surface area contributed by atoms with Crippen LogP contribution in [0.3, 0.4) is 0 Å². The van der Waals surface area contributed by atoms with Crippen molar-refractivity contribution in [2.24, 2.45) is 0 Å². The zero-order valence-electron chi connectivity index (χ0n) is 24.9. The van der Waals surface area contributed by atoms with Gasteiger partial charge in [-0.3, -0.25) is 0 Å². The molecule has 0 N–H and O–H groups in total. The van der Waals surface area contributed by atoms with Crippen LogP contribution in [0.2, 0.25) is 0 Å². The SMILES string of the molecule is c1cc2c3c(c1)-n1c4ccc5c6ccccc6sc5c4c4cccc(c41)B3c1cccc3c4cc5c(cc4n-2c13)sc1ccccc15. The number of hydrogen-bond donors (Lipinski definition) is 0. The Morgan fingerprint density at radius 2 is 1.06 bits per heavy atom. The van der Waals surface area contributed by atoms with Crippen molar-refractivity contribution in [1.82, 2.24) is 9.13 Å². The summed E-state index contributed by atoms with van der Waals surface area (Å²) in [6, 6.07) is 48.4. The van der Waals surface area contributed by atoms with E-state index in [0.717, 1.165) is 0 Å². The van der Waals surface area contributed by atoms with Crippen molar-refractivity contribution in [1.29, 1.82) is 0 Å². The molecule has 47 heavy (non-hydrogen) atoms. The van der Waals surface area contributed by atoms with Crippen molar-refractivity contribution in [3.63, 3.8) is 0 Å². The highest BCUT2D eigenvalue weighted by Crippen LogP contribution is 2.45. The van der Waals surface area contributed by atoms with Crippen LogP contribution in [0.15, 0.2) is 127 Å². The number of fused-ring (bicyclic) bond motifs is 17. The Morgan fingerprint density at radius 3 is 1.87 bits per heavy atom. The van der Waals surface area contributed by atoms with E-state index in [0.29, 0.717) is 0 Å². The number of thiophene rings is 2. The van der Waals surface area contributed by atoms with Crippen molar-refractivity contribution in [2.75, 3.05) is 0 Å². The molecule has 2 nitrogen and oxygen atoms in total. The van der Waals surface area contributed by atoms with Crippen LogP contribution in [0.25, 0.3) is 95.3 Å². The topological polar surface area (TPSA) is 9.86 Å². The van der Waals surface area contributed by atoms with Crippen molar-refractivity contribution < 1.29 is 0 Å². The summed E-state index contributed by atoms with van der Waals surface area (Å²) in [5, 5.41) is 10.8. The second-order valence-corrected chi connectivity index (χ2v) is 15.3. The van der Waals surface area contributed by atoms with Crippen LogP contribution in [0.1, 0.15) is 0 Å². The number of para-hydroxylation sites is 2. The van der Waals surface area contributed by atoms with Crippen molar-refractivity contribution >= 4 is 130 Å². The zero-order valence-corrected chi connectivity index (χ0v) is 26.5. The number of hydrogen-bond acceptors (Lipinski definition) is 2. The molecule has 2 aliphatic heterocycles. The molecule has 0 aliphatic carbocycles. The summed E-state index contributed by atoms with van der Waals surface area (Å²) in [7, 11) is 0. The maximum absolute atomic E-state index is 2.58. The third-order valence-electron chi connectivity index (χ3n) is 11.1. The molecule has 4 aromatic heterocycles. The van der Waals surface area contributed by atoms with Crippen LogP contribution < -0.4 is 16.4 Å². The highest BCUT2D eigenvalue weighted by atomic mass is 32.1. The van der Waals surface area contributed by atoms with Gasteiger partial charge >= 0.3 is 0 Å². The van der Waals surface area contributed by atoms with Gasteiger partial charge in [0.25, 0.3) is 6.71 Å². The van der Waals surface area contributed by atoms with Gasteiger partial charge in [-0.25, -0.2) is 0 Å². The Bertz CT molecular complexity index is 3230. The summed E-state index contributed by atoms with van der Waals surface area (Å²) >= 11 is 3.84. The fourth-order valence-electron chi connectivity index (χ4n) is 9.34. The molecule has 0 atom stereocenters. The van der Waals surface area contributed by atoms with Crippen LogP contribution >= 0.6 is 22.7 Å². The standard InChI is InChI=1S/C42H21BN2S2/c1-4-17-36-22(8-1)25-18-19-31-38(42(25)47-36)26-11-6-13-30-41(26)44(31)32-14-7-15-33-39(32)43(30)29-12-5-10-24-27-20-28-23-9-2-3-16-35(23)46-37(28)21-34(27)45(33)40(24)29/h1-21H. The van der Waals surface area contributed by atoms with Gasteiger partial charge in [-0.1, -0.05) is 84.9 Å². The molecule has 0 unspecified atom stereocenters. The van der Waals surface area contributed by atoms with Crippen LogP contribution in [0.5, 0.6) is 0 Å². The molecular weight excluding hydrogens is 607 g/mol. The third kappa shape index (κ3) is 2.64. The number of benzene rings is 7. The molecule has 13 rings (SSSR count). The summed E-state index contributed by atoms with van der Waals surface area (Å²) in [6.45, 7) is 0.169. The van der Waals surface area contributed by atoms with Gasteiger partial charge in [0.15, 0.2) is 0 Å². The molecule has 7 aromatic carbocycles. The van der Waals surface area contributed by atoms with E-state index in [-0.39, 0.29) is 6.71 Å². The first-order valence-electron chi connectivity index (χ1n) is 16.2. The first-order chi connectivity index (χ1) is 23.3. The molecule has 0 amide bonds. The van der Waals surface area contributed by atoms with E-state index in [1.54, 1.807) is 0 Å². The number of aromatic nitrogens is 2. The minimum Gasteiger partial charge on any atom is -0.310 e. The molecule has 214 valence electrons. The maximum atomic E-state index is 2.58. The summed E-state index contributed by atoms with van der Waals surface area (Å²) in [4.78, 5) is 0. The minimum atomic E-state index is 0.169. The van der Waals surface area contributed by atoms with E-state index in [2.05, 4.69) is 137 Å². The summed E-state index contributed by atoms with van der Waals surface area (Å²) in [5.41, 5.74) is 12.1. The Morgan fingerprint density at radius 1 is 0.426 bits per heavy atom. The first-order valence-corrected chi connectivity index (χ1v) is 17.9. The van der Waals surface area contributed by atoms with Crippen LogP contribution in [0, 0.1) is 0 Å². The molecule has 5 heteroatoms. The fraction of sp³-hybridized carbons (Fsp3) is 0. The molecule has 0 radical (unpaired) electrons. The van der Waals surface area contributed by atoms with Gasteiger partial charge in [0.2, 0.25) is 0 Å². The van der Waals surface area contributed by atoms with Gasteiger partial charge in [0, 0.05) is 84.3 Å². The highest BCUT2D eigenvalue weighted by Gasteiger charge is 2.40. The molecule has 11 aromatic rings. The first kappa shape index (κ1) is 23.9. The molecule has 0 saturated heterocycles. The summed E-state index contributed by atoms with van der Waals surface area (Å²) in [6.07, 6.45) is 0. The average Bonchev–Trinajstić information content (AvgIpc) is 3.86. The predicted octanol–water partition coefficient (Wildman–Crippen LogP) is 9.76. The number of nitrogens with zero attached hydrogens (tertiary/aromatic N) is 2. The Balaban J connectivity index is 1.21. The molecule has 0 saturated carbocycles. The van der Waals surface area contributed by atoms with E-state index in [9.17, 15) is 0 Å². The lowest BCUT2D eigenvalue weighted by molar-refractivity contribution is 1.14. The van der Waals surface area contributed by atoms with Crippen molar-refractivity contribution in [3.05, 3.63) is 127 Å². The molecule has 0 fully saturated rings. The van der Waals surface area contributed by atoms with E-state index < -0.39 is 0 Å². The second kappa shape index (κ2) is 7.95. The minimum absolute atomic E-state index is 0.169. The van der Waals surface area contributed by atoms with Gasteiger partial charge < -0.3 is 9.13 Å². The zero-order chi connectivity index (χ0) is 30.1. The van der Waals surface area contributed by atoms with E-state index in [1.807, 2.05) is 22.7 Å². The van der Waals surface area contributed by atoms with Crippen LogP contribution in [-0.4, -0.2) is 15.8 Å². The lowest BCUT2D eigenvalue weighted by atomic mass is 9.34. The summed E-state index contributed by atoms with van der Waals surface area (Å²) in [5.74, 6) is 0. The quantitative estimate of drug-likeness (QED) is 0.148. The van der Waals surface area contributed by atoms with Gasteiger partial charge in [0.1, 0.15) is 0 Å². The monoisotopic (exact) mass is 628 g/mol. The van der Waals surface area contributed by atoms with Crippen LogP contribution in [-0.2, 0) is 0 Å². The second-order valence-electron chi connectivity index (χ2n) is 13.2. The van der Waals surface area contributed by atoms with E-state index in [1.165, 1.54) is 112 Å². The van der Waals surface area contributed by atoms with Gasteiger partial charge in [-0.05, 0) is 58.9 Å².